The summed E-state index contributed by atoms with van der Waals surface area (Å²) >= 11 is 0. The van der Waals surface area contributed by atoms with Gasteiger partial charge in [0.1, 0.15) is 0 Å². The van der Waals surface area contributed by atoms with Gasteiger partial charge in [-0.2, -0.15) is 0 Å². The number of benzene rings is 1. The maximum absolute atomic E-state index is 5.25. The van der Waals surface area contributed by atoms with Crippen LogP contribution in [-0.4, -0.2) is 6.04 Å². The lowest BCUT2D eigenvalue weighted by Gasteiger charge is -1.92. The van der Waals surface area contributed by atoms with Gasteiger partial charge in [0, 0.05) is 0 Å². The molecule has 1 heteroatoms. The number of rotatable bonds is 1. The van der Waals surface area contributed by atoms with E-state index in [0.717, 1.165) is 0 Å². The van der Waals surface area contributed by atoms with Crippen LogP contribution in [0, 0.1) is 12.3 Å². The molecular weight excluding hydrogens is 134 g/mol. The Morgan fingerprint density at radius 1 is 1.27 bits per heavy atom. The monoisotopic (exact) mass is 143 g/mol. The van der Waals surface area contributed by atoms with Crippen LogP contribution >= 0.6 is 0 Å². The van der Waals surface area contributed by atoms with Crippen molar-refractivity contribution in [3.05, 3.63) is 35.9 Å². The summed E-state index contributed by atoms with van der Waals surface area (Å²) in [6, 6.07) is 10.9. The maximum Gasteiger partial charge on any atom is 0.0890 e. The second kappa shape index (κ2) is 2.41. The highest BCUT2D eigenvalue weighted by molar-refractivity contribution is 5.31. The highest BCUT2D eigenvalue weighted by Gasteiger charge is 2.35. The van der Waals surface area contributed by atoms with Crippen LogP contribution < -0.4 is 5.32 Å². The molecule has 0 aromatic heterocycles. The van der Waals surface area contributed by atoms with Crippen molar-refractivity contribution in [1.29, 1.82) is 0 Å². The molecule has 1 heterocycles. The summed E-state index contributed by atoms with van der Waals surface area (Å²) in [5.41, 5.74) is 1.29. The van der Waals surface area contributed by atoms with Gasteiger partial charge in [-0.1, -0.05) is 36.3 Å². The zero-order valence-electron chi connectivity index (χ0n) is 6.12. The average Bonchev–Trinajstić information content (AvgIpc) is 2.85. The highest BCUT2D eigenvalue weighted by Crippen LogP contribution is 2.28. The fraction of sp³-hybridized carbons (Fsp3) is 0.200. The van der Waals surface area contributed by atoms with Crippen LogP contribution in [0.3, 0.4) is 0 Å². The first-order valence-corrected chi connectivity index (χ1v) is 3.69. The second-order valence-corrected chi connectivity index (χ2v) is 2.70. The smallest absolute Gasteiger partial charge is 0.0890 e. The van der Waals surface area contributed by atoms with Gasteiger partial charge in [0.05, 0.1) is 12.1 Å². The predicted molar refractivity (Wildman–Crippen MR) is 44.9 cm³/mol. The largest absolute Gasteiger partial charge is 0.293 e. The molecule has 0 aliphatic carbocycles. The molecule has 1 aliphatic heterocycles. The highest BCUT2D eigenvalue weighted by atomic mass is 15.1. The Morgan fingerprint density at radius 2 is 2.00 bits per heavy atom. The molecule has 1 nitrogen and oxygen atoms in total. The van der Waals surface area contributed by atoms with E-state index >= 15 is 0 Å². The molecule has 1 aliphatic rings. The minimum absolute atomic E-state index is 0.261. The van der Waals surface area contributed by atoms with E-state index < -0.39 is 0 Å². The SMILES string of the molecule is C#C[C@H]1N[C@@H]1c1ccccc1. The van der Waals surface area contributed by atoms with Crippen LogP contribution in [-0.2, 0) is 0 Å². The summed E-state index contributed by atoms with van der Waals surface area (Å²) in [5, 5.41) is 3.20. The molecule has 1 saturated heterocycles. The zero-order chi connectivity index (χ0) is 7.68. The molecule has 0 bridgehead atoms. The van der Waals surface area contributed by atoms with Crippen molar-refractivity contribution >= 4 is 0 Å². The Hall–Kier alpha value is -1.26. The number of hydrogen-bond acceptors (Lipinski definition) is 1. The Labute approximate surface area is 66.4 Å². The lowest BCUT2D eigenvalue weighted by molar-refractivity contribution is 1.07. The van der Waals surface area contributed by atoms with Gasteiger partial charge in [-0.15, -0.1) is 6.42 Å². The first-order valence-electron chi connectivity index (χ1n) is 3.69. The molecule has 2 rings (SSSR count). The summed E-state index contributed by atoms with van der Waals surface area (Å²) < 4.78 is 0. The molecule has 1 N–H and O–H groups in total. The van der Waals surface area contributed by atoms with E-state index in [1.54, 1.807) is 0 Å². The third-order valence-corrected chi connectivity index (χ3v) is 1.92. The second-order valence-electron chi connectivity index (χ2n) is 2.70. The van der Waals surface area contributed by atoms with E-state index in [0.29, 0.717) is 6.04 Å². The third-order valence-electron chi connectivity index (χ3n) is 1.92. The topological polar surface area (TPSA) is 21.9 Å². The van der Waals surface area contributed by atoms with Gasteiger partial charge in [-0.3, -0.25) is 5.32 Å². The van der Waals surface area contributed by atoms with Crippen LogP contribution in [0.5, 0.6) is 0 Å². The van der Waals surface area contributed by atoms with Gasteiger partial charge in [-0.25, -0.2) is 0 Å². The normalized spacial score (nSPS) is 27.5. The van der Waals surface area contributed by atoms with E-state index in [1.165, 1.54) is 5.56 Å². The van der Waals surface area contributed by atoms with Crippen molar-refractivity contribution in [3.8, 4) is 12.3 Å². The van der Waals surface area contributed by atoms with Crippen molar-refractivity contribution in [3.63, 3.8) is 0 Å². The van der Waals surface area contributed by atoms with Gasteiger partial charge in [0.25, 0.3) is 0 Å². The van der Waals surface area contributed by atoms with Gasteiger partial charge >= 0.3 is 0 Å². The summed E-state index contributed by atoms with van der Waals surface area (Å²) in [7, 11) is 0. The van der Waals surface area contributed by atoms with Crippen LogP contribution in [0.25, 0.3) is 0 Å². The molecule has 0 saturated carbocycles. The lowest BCUT2D eigenvalue weighted by Crippen LogP contribution is -1.82. The summed E-state index contributed by atoms with van der Waals surface area (Å²) in [5.74, 6) is 2.68. The van der Waals surface area contributed by atoms with Crippen molar-refractivity contribution in [2.24, 2.45) is 0 Å². The summed E-state index contributed by atoms with van der Waals surface area (Å²) in [6.07, 6.45) is 5.25. The minimum atomic E-state index is 0.261. The Kier molecular flexibility index (Phi) is 1.41. The lowest BCUT2D eigenvalue weighted by atomic mass is 10.1. The van der Waals surface area contributed by atoms with E-state index in [9.17, 15) is 0 Å². The third kappa shape index (κ3) is 1.13. The Balaban J connectivity index is 2.16. The molecule has 11 heavy (non-hydrogen) atoms. The van der Waals surface area contributed by atoms with Gasteiger partial charge < -0.3 is 0 Å². The van der Waals surface area contributed by atoms with E-state index in [-0.39, 0.29) is 6.04 Å². The van der Waals surface area contributed by atoms with Gasteiger partial charge in [-0.05, 0) is 5.56 Å². The van der Waals surface area contributed by atoms with Gasteiger partial charge in [0.2, 0.25) is 0 Å². The summed E-state index contributed by atoms with van der Waals surface area (Å²) in [6.45, 7) is 0. The quantitative estimate of drug-likeness (QED) is 0.465. The number of terminal acetylenes is 1. The number of nitrogens with one attached hydrogen (secondary N) is 1. The zero-order valence-corrected chi connectivity index (χ0v) is 6.12. The van der Waals surface area contributed by atoms with E-state index in [1.807, 2.05) is 18.2 Å². The van der Waals surface area contributed by atoms with Gasteiger partial charge in [0.15, 0.2) is 0 Å². The average molecular weight is 143 g/mol. The molecule has 0 spiro atoms. The molecule has 1 fully saturated rings. The van der Waals surface area contributed by atoms with Crippen LogP contribution in [0.2, 0.25) is 0 Å². The van der Waals surface area contributed by atoms with Crippen LogP contribution in [0.15, 0.2) is 30.3 Å². The summed E-state index contributed by atoms with van der Waals surface area (Å²) in [4.78, 5) is 0. The standard InChI is InChI=1S/C10H9N/c1-2-9-10(11-9)8-6-4-3-5-7-8/h1,3-7,9-11H/t9-,10-/m1/s1. The van der Waals surface area contributed by atoms with Crippen LogP contribution in [0.4, 0.5) is 0 Å². The maximum atomic E-state index is 5.25. The molecular formula is C10H9N. The molecule has 2 atom stereocenters. The number of hydrogen-bond donors (Lipinski definition) is 1. The minimum Gasteiger partial charge on any atom is -0.293 e. The molecule has 0 unspecified atom stereocenters. The molecule has 0 amide bonds. The van der Waals surface area contributed by atoms with Crippen molar-refractivity contribution in [2.45, 2.75) is 12.1 Å². The van der Waals surface area contributed by atoms with Crippen molar-refractivity contribution in [1.82, 2.24) is 5.32 Å². The fourth-order valence-electron chi connectivity index (χ4n) is 1.23. The molecule has 54 valence electrons. The van der Waals surface area contributed by atoms with Crippen LogP contribution in [0.1, 0.15) is 11.6 Å². The Bertz CT molecular complexity index is 283. The molecule has 1 aromatic carbocycles. The molecule has 0 radical (unpaired) electrons. The Morgan fingerprint density at radius 3 is 2.55 bits per heavy atom. The molecule has 1 aromatic rings. The van der Waals surface area contributed by atoms with E-state index in [4.69, 9.17) is 6.42 Å². The predicted octanol–water partition coefficient (Wildman–Crippen LogP) is 1.33. The fourth-order valence-corrected chi connectivity index (χ4v) is 1.23. The van der Waals surface area contributed by atoms with Crippen molar-refractivity contribution in [2.75, 3.05) is 0 Å². The first-order chi connectivity index (χ1) is 5.42. The van der Waals surface area contributed by atoms with Crippen molar-refractivity contribution < 1.29 is 0 Å². The first kappa shape index (κ1) is 6.45. The van der Waals surface area contributed by atoms with E-state index in [2.05, 4.69) is 23.4 Å².